The van der Waals surface area contributed by atoms with E-state index in [2.05, 4.69) is 5.32 Å². The van der Waals surface area contributed by atoms with E-state index in [4.69, 9.17) is 10.2 Å². The summed E-state index contributed by atoms with van der Waals surface area (Å²) in [6, 6.07) is 3.30. The largest absolute Gasteiger partial charge is 0.480 e. The summed E-state index contributed by atoms with van der Waals surface area (Å²) in [4.78, 5) is 21.8. The molecule has 4 N–H and O–H groups in total. The van der Waals surface area contributed by atoms with Gasteiger partial charge in [0.1, 0.15) is 6.04 Å². The SMILES string of the molecule is CNC(=O)c1ccc(S(=O)(=O)NC(CO)C(=O)O)cc1. The number of hydrogen-bond acceptors (Lipinski definition) is 5. The molecule has 0 bridgehead atoms. The van der Waals surface area contributed by atoms with Crippen LogP contribution in [0.25, 0.3) is 0 Å². The normalized spacial score (nSPS) is 12.7. The Kier molecular flexibility index (Phi) is 5.19. The van der Waals surface area contributed by atoms with Gasteiger partial charge < -0.3 is 15.5 Å². The van der Waals surface area contributed by atoms with Crippen molar-refractivity contribution in [1.82, 2.24) is 10.0 Å². The number of benzene rings is 1. The number of carbonyl (C=O) groups is 2. The van der Waals surface area contributed by atoms with Crippen LogP contribution in [0.4, 0.5) is 0 Å². The molecule has 9 heteroatoms. The maximum Gasteiger partial charge on any atom is 0.324 e. The Morgan fingerprint density at radius 1 is 1.25 bits per heavy atom. The van der Waals surface area contributed by atoms with Crippen molar-refractivity contribution in [3.8, 4) is 0 Å². The monoisotopic (exact) mass is 302 g/mol. The molecule has 1 unspecified atom stereocenters. The predicted octanol–water partition coefficient (Wildman–Crippen LogP) is -1.23. The fourth-order valence-electron chi connectivity index (χ4n) is 1.35. The minimum absolute atomic E-state index is 0.204. The smallest absolute Gasteiger partial charge is 0.324 e. The molecule has 0 heterocycles. The first-order chi connectivity index (χ1) is 9.31. The second-order valence-electron chi connectivity index (χ2n) is 3.80. The van der Waals surface area contributed by atoms with E-state index in [0.29, 0.717) is 0 Å². The molecule has 0 saturated heterocycles. The fraction of sp³-hybridized carbons (Fsp3) is 0.273. The lowest BCUT2D eigenvalue weighted by Crippen LogP contribution is -2.43. The van der Waals surface area contributed by atoms with Gasteiger partial charge in [0.05, 0.1) is 11.5 Å². The summed E-state index contributed by atoms with van der Waals surface area (Å²) in [5.41, 5.74) is 0.267. The highest BCUT2D eigenvalue weighted by atomic mass is 32.2. The number of carbonyl (C=O) groups excluding carboxylic acids is 1. The van der Waals surface area contributed by atoms with Crippen molar-refractivity contribution in [1.29, 1.82) is 0 Å². The van der Waals surface area contributed by atoms with E-state index in [1.54, 1.807) is 0 Å². The van der Waals surface area contributed by atoms with Gasteiger partial charge in [0.25, 0.3) is 5.91 Å². The highest BCUT2D eigenvalue weighted by molar-refractivity contribution is 7.89. The quantitative estimate of drug-likeness (QED) is 0.520. The van der Waals surface area contributed by atoms with E-state index in [-0.39, 0.29) is 16.4 Å². The van der Waals surface area contributed by atoms with Gasteiger partial charge in [0.15, 0.2) is 0 Å². The number of sulfonamides is 1. The molecule has 1 atom stereocenters. The van der Waals surface area contributed by atoms with Crippen LogP contribution in [-0.4, -0.2) is 50.2 Å². The Morgan fingerprint density at radius 3 is 2.20 bits per heavy atom. The number of aliphatic carboxylic acids is 1. The standard InChI is InChI=1S/C11H14N2O6S/c1-12-10(15)7-2-4-8(5-3-7)20(18,19)13-9(6-14)11(16)17/h2-5,9,13-14H,6H2,1H3,(H,12,15)(H,16,17). The number of nitrogens with one attached hydrogen (secondary N) is 2. The Balaban J connectivity index is 2.98. The average molecular weight is 302 g/mol. The summed E-state index contributed by atoms with van der Waals surface area (Å²) in [5.74, 6) is -1.86. The number of carboxylic acid groups (broad SMARTS) is 1. The molecule has 0 aliphatic heterocycles. The number of carboxylic acids is 1. The molecule has 8 nitrogen and oxygen atoms in total. The maximum absolute atomic E-state index is 11.9. The number of rotatable bonds is 6. The Bertz CT molecular complexity index is 596. The van der Waals surface area contributed by atoms with Crippen LogP contribution < -0.4 is 10.0 Å². The van der Waals surface area contributed by atoms with Gasteiger partial charge in [0.2, 0.25) is 10.0 Å². The molecule has 1 amide bonds. The molecule has 0 aliphatic rings. The minimum Gasteiger partial charge on any atom is -0.480 e. The van der Waals surface area contributed by atoms with Gasteiger partial charge in [-0.3, -0.25) is 9.59 Å². The van der Waals surface area contributed by atoms with Crippen molar-refractivity contribution in [2.24, 2.45) is 0 Å². The number of hydrogen-bond donors (Lipinski definition) is 4. The predicted molar refractivity (Wildman–Crippen MR) is 68.7 cm³/mol. The summed E-state index contributed by atoms with van der Waals surface area (Å²) in [6.07, 6.45) is 0. The van der Waals surface area contributed by atoms with Crippen LogP contribution in [0.5, 0.6) is 0 Å². The van der Waals surface area contributed by atoms with Gasteiger partial charge >= 0.3 is 5.97 Å². The van der Waals surface area contributed by atoms with Crippen LogP contribution in [-0.2, 0) is 14.8 Å². The zero-order valence-electron chi connectivity index (χ0n) is 10.5. The van der Waals surface area contributed by atoms with Crippen LogP contribution in [0.3, 0.4) is 0 Å². The lowest BCUT2D eigenvalue weighted by Gasteiger charge is -2.12. The van der Waals surface area contributed by atoms with E-state index < -0.39 is 28.6 Å². The average Bonchev–Trinajstić information content (AvgIpc) is 2.43. The first kappa shape index (κ1) is 16.1. The summed E-state index contributed by atoms with van der Waals surface area (Å²) >= 11 is 0. The third kappa shape index (κ3) is 3.76. The van der Waals surface area contributed by atoms with E-state index in [1.165, 1.54) is 31.3 Å². The number of amides is 1. The highest BCUT2D eigenvalue weighted by Gasteiger charge is 2.24. The first-order valence-electron chi connectivity index (χ1n) is 5.50. The lowest BCUT2D eigenvalue weighted by molar-refractivity contribution is -0.139. The van der Waals surface area contributed by atoms with Gasteiger partial charge in [-0.25, -0.2) is 8.42 Å². The van der Waals surface area contributed by atoms with E-state index in [9.17, 15) is 18.0 Å². The Hall–Kier alpha value is -1.97. The van der Waals surface area contributed by atoms with Crippen molar-refractivity contribution in [2.45, 2.75) is 10.9 Å². The van der Waals surface area contributed by atoms with Crippen LogP contribution >= 0.6 is 0 Å². The maximum atomic E-state index is 11.9. The molecule has 1 rings (SSSR count). The first-order valence-corrected chi connectivity index (χ1v) is 6.98. The molecular formula is C11H14N2O6S. The zero-order chi connectivity index (χ0) is 15.3. The second-order valence-corrected chi connectivity index (χ2v) is 5.51. The molecule has 0 aromatic heterocycles. The third-order valence-electron chi connectivity index (χ3n) is 2.43. The van der Waals surface area contributed by atoms with Gasteiger partial charge in [-0.05, 0) is 24.3 Å². The van der Waals surface area contributed by atoms with Crippen molar-refractivity contribution in [3.05, 3.63) is 29.8 Å². The molecule has 0 spiro atoms. The van der Waals surface area contributed by atoms with Gasteiger partial charge in [-0.1, -0.05) is 0 Å². The van der Waals surface area contributed by atoms with E-state index in [1.807, 2.05) is 4.72 Å². The van der Waals surface area contributed by atoms with Crippen molar-refractivity contribution in [3.63, 3.8) is 0 Å². The van der Waals surface area contributed by atoms with E-state index in [0.717, 1.165) is 0 Å². The van der Waals surface area contributed by atoms with Crippen molar-refractivity contribution in [2.75, 3.05) is 13.7 Å². The van der Waals surface area contributed by atoms with E-state index >= 15 is 0 Å². The minimum atomic E-state index is -4.09. The molecule has 20 heavy (non-hydrogen) atoms. The van der Waals surface area contributed by atoms with Crippen molar-refractivity contribution >= 4 is 21.9 Å². The number of aliphatic hydroxyl groups excluding tert-OH is 1. The van der Waals surface area contributed by atoms with Gasteiger partial charge in [-0.2, -0.15) is 4.72 Å². The highest BCUT2D eigenvalue weighted by Crippen LogP contribution is 2.11. The summed E-state index contributed by atoms with van der Waals surface area (Å²) in [6.45, 7) is -0.870. The molecule has 0 aliphatic carbocycles. The summed E-state index contributed by atoms with van der Waals surface area (Å²) in [7, 11) is -2.65. The third-order valence-corrected chi connectivity index (χ3v) is 3.92. The molecule has 0 radical (unpaired) electrons. The topological polar surface area (TPSA) is 133 Å². The Morgan fingerprint density at radius 2 is 1.80 bits per heavy atom. The second kappa shape index (κ2) is 6.46. The van der Waals surface area contributed by atoms with Crippen LogP contribution in [0.15, 0.2) is 29.2 Å². The molecular weight excluding hydrogens is 288 g/mol. The van der Waals surface area contributed by atoms with Crippen LogP contribution in [0.1, 0.15) is 10.4 Å². The zero-order valence-corrected chi connectivity index (χ0v) is 11.3. The fourth-order valence-corrected chi connectivity index (χ4v) is 2.53. The Labute approximate surface area is 115 Å². The van der Waals surface area contributed by atoms with Crippen LogP contribution in [0, 0.1) is 0 Å². The molecule has 0 fully saturated rings. The lowest BCUT2D eigenvalue weighted by atomic mass is 10.2. The van der Waals surface area contributed by atoms with Gasteiger partial charge in [-0.15, -0.1) is 0 Å². The summed E-state index contributed by atoms with van der Waals surface area (Å²) < 4.78 is 25.6. The molecule has 1 aromatic rings. The van der Waals surface area contributed by atoms with Crippen molar-refractivity contribution < 1.29 is 28.2 Å². The molecule has 110 valence electrons. The summed E-state index contributed by atoms with van der Waals surface area (Å²) in [5, 5.41) is 19.9. The molecule has 0 saturated carbocycles. The van der Waals surface area contributed by atoms with Crippen LogP contribution in [0.2, 0.25) is 0 Å². The van der Waals surface area contributed by atoms with Gasteiger partial charge in [0, 0.05) is 12.6 Å². The number of aliphatic hydroxyl groups is 1. The molecule has 1 aromatic carbocycles.